The molecule has 0 aliphatic carbocycles. The maximum absolute atomic E-state index is 13.0. The summed E-state index contributed by atoms with van der Waals surface area (Å²) in [4.78, 5) is 28.6. The molecule has 1 N–H and O–H groups in total. The first-order chi connectivity index (χ1) is 18.1. The zero-order valence-electron chi connectivity index (χ0n) is 24.5. The van der Waals surface area contributed by atoms with Gasteiger partial charge in [-0.25, -0.2) is 0 Å². The first-order valence-electron chi connectivity index (χ1n) is 14.2. The van der Waals surface area contributed by atoms with Crippen LogP contribution in [0.25, 0.3) is 0 Å². The van der Waals surface area contributed by atoms with Gasteiger partial charge < -0.3 is 10.2 Å². The summed E-state index contributed by atoms with van der Waals surface area (Å²) in [6.07, 6.45) is 7.06. The molecule has 0 saturated carbocycles. The van der Waals surface area contributed by atoms with Crippen LogP contribution in [0, 0.1) is 11.3 Å². The molecule has 0 bridgehead atoms. The summed E-state index contributed by atoms with van der Waals surface area (Å²) in [7, 11) is 0. The second-order valence-corrected chi connectivity index (χ2v) is 11.4. The SMILES string of the molecule is C=CN(C(C)=O)c1ccc(N2CCC(C(C(=O)NCCC)c3ccccc3)CC2)cc1.CCCC(C)(C)C. The molecule has 5 heteroatoms. The lowest BCUT2D eigenvalue weighted by Gasteiger charge is -2.37. The number of carbonyl (C=O) groups is 2. The molecule has 1 unspecified atom stereocenters. The minimum absolute atomic E-state index is 0.0585. The van der Waals surface area contributed by atoms with Crippen LogP contribution in [0.1, 0.15) is 85.1 Å². The molecule has 1 saturated heterocycles. The number of piperidine rings is 1. The topological polar surface area (TPSA) is 52.7 Å². The monoisotopic (exact) mass is 519 g/mol. The maximum atomic E-state index is 13.0. The van der Waals surface area contributed by atoms with Gasteiger partial charge in [0, 0.05) is 44.1 Å². The highest BCUT2D eigenvalue weighted by molar-refractivity contribution is 5.93. The third kappa shape index (κ3) is 9.66. The Kier molecular flexibility index (Phi) is 12.6. The molecule has 1 heterocycles. The second-order valence-electron chi connectivity index (χ2n) is 11.4. The summed E-state index contributed by atoms with van der Waals surface area (Å²) in [5.41, 5.74) is 3.61. The van der Waals surface area contributed by atoms with Crippen molar-refractivity contribution >= 4 is 23.2 Å². The molecule has 2 aromatic rings. The number of anilines is 2. The normalized spacial score (nSPS) is 14.6. The van der Waals surface area contributed by atoms with Crippen LogP contribution in [0.3, 0.4) is 0 Å². The zero-order valence-corrected chi connectivity index (χ0v) is 24.5. The Hall–Kier alpha value is -3.08. The van der Waals surface area contributed by atoms with E-state index < -0.39 is 0 Å². The Bertz CT molecular complexity index is 987. The van der Waals surface area contributed by atoms with Crippen molar-refractivity contribution in [2.75, 3.05) is 29.4 Å². The third-order valence-electron chi connectivity index (χ3n) is 7.02. The molecule has 38 heavy (non-hydrogen) atoms. The van der Waals surface area contributed by atoms with Crippen LogP contribution >= 0.6 is 0 Å². The van der Waals surface area contributed by atoms with Gasteiger partial charge in [0.1, 0.15) is 0 Å². The van der Waals surface area contributed by atoms with Crippen molar-refractivity contribution in [2.45, 2.75) is 79.6 Å². The molecular formula is C33H49N3O2. The van der Waals surface area contributed by atoms with E-state index in [2.05, 4.69) is 75.7 Å². The predicted octanol–water partition coefficient (Wildman–Crippen LogP) is 7.54. The first kappa shape index (κ1) is 31.1. The molecule has 2 aromatic carbocycles. The number of amides is 2. The van der Waals surface area contributed by atoms with E-state index in [-0.39, 0.29) is 17.7 Å². The van der Waals surface area contributed by atoms with Gasteiger partial charge in [0.2, 0.25) is 11.8 Å². The number of nitrogens with zero attached hydrogens (tertiary/aromatic N) is 2. The fourth-order valence-corrected chi connectivity index (χ4v) is 5.14. The summed E-state index contributed by atoms with van der Waals surface area (Å²) in [6.45, 7) is 18.9. The van der Waals surface area contributed by atoms with Crippen molar-refractivity contribution in [2.24, 2.45) is 11.3 Å². The molecule has 1 aliphatic rings. The molecule has 5 nitrogen and oxygen atoms in total. The number of hydrogen-bond acceptors (Lipinski definition) is 3. The molecule has 208 valence electrons. The van der Waals surface area contributed by atoms with Gasteiger partial charge in [-0.15, -0.1) is 0 Å². The molecule has 2 amide bonds. The quantitative estimate of drug-likeness (QED) is 0.372. The van der Waals surface area contributed by atoms with E-state index in [1.165, 1.54) is 30.9 Å². The zero-order chi connectivity index (χ0) is 28.1. The van der Waals surface area contributed by atoms with Gasteiger partial charge >= 0.3 is 0 Å². The molecule has 1 fully saturated rings. The van der Waals surface area contributed by atoms with Crippen molar-refractivity contribution in [3.05, 3.63) is 72.9 Å². The highest BCUT2D eigenvalue weighted by Crippen LogP contribution is 2.35. The molecule has 3 rings (SSSR count). The average molecular weight is 520 g/mol. The van der Waals surface area contributed by atoms with Gasteiger partial charge in [-0.1, -0.05) is 78.0 Å². The number of hydrogen-bond donors (Lipinski definition) is 1. The van der Waals surface area contributed by atoms with E-state index in [4.69, 9.17) is 0 Å². The number of benzene rings is 2. The second kappa shape index (κ2) is 15.4. The molecule has 1 atom stereocenters. The number of carbonyl (C=O) groups excluding carboxylic acids is 2. The Morgan fingerprint density at radius 2 is 1.63 bits per heavy atom. The van der Waals surface area contributed by atoms with Gasteiger partial charge in [-0.3, -0.25) is 14.5 Å². The van der Waals surface area contributed by atoms with Crippen LogP contribution in [-0.2, 0) is 9.59 Å². The Labute approximate surface area is 231 Å². The van der Waals surface area contributed by atoms with Crippen molar-refractivity contribution in [1.29, 1.82) is 0 Å². The minimum Gasteiger partial charge on any atom is -0.372 e. The summed E-state index contributed by atoms with van der Waals surface area (Å²) in [5.74, 6) is 0.305. The number of nitrogens with one attached hydrogen (secondary N) is 1. The van der Waals surface area contributed by atoms with Crippen LogP contribution in [0.15, 0.2) is 67.4 Å². The summed E-state index contributed by atoms with van der Waals surface area (Å²) < 4.78 is 0. The van der Waals surface area contributed by atoms with Gasteiger partial charge in [0.05, 0.1) is 5.92 Å². The van der Waals surface area contributed by atoms with Crippen LogP contribution in [-0.4, -0.2) is 31.4 Å². The Morgan fingerprint density at radius 1 is 1.03 bits per heavy atom. The third-order valence-corrected chi connectivity index (χ3v) is 7.02. The van der Waals surface area contributed by atoms with E-state index in [1.807, 2.05) is 30.3 Å². The van der Waals surface area contributed by atoms with Crippen molar-refractivity contribution < 1.29 is 9.59 Å². The van der Waals surface area contributed by atoms with Gasteiger partial charge in [0.15, 0.2) is 0 Å². The van der Waals surface area contributed by atoms with Crippen molar-refractivity contribution in [3.63, 3.8) is 0 Å². The lowest BCUT2D eigenvalue weighted by Crippen LogP contribution is -2.40. The summed E-state index contributed by atoms with van der Waals surface area (Å²) in [6, 6.07) is 18.2. The first-order valence-corrected chi connectivity index (χ1v) is 14.2. The van der Waals surface area contributed by atoms with E-state index in [0.29, 0.717) is 11.3 Å². The Morgan fingerprint density at radius 3 is 2.08 bits per heavy atom. The van der Waals surface area contributed by atoms with Crippen molar-refractivity contribution in [3.8, 4) is 0 Å². The molecule has 0 radical (unpaired) electrons. The van der Waals surface area contributed by atoms with Gasteiger partial charge in [0.25, 0.3) is 0 Å². The Balaban J connectivity index is 0.000000638. The minimum atomic E-state index is -0.103. The smallest absolute Gasteiger partial charge is 0.227 e. The highest BCUT2D eigenvalue weighted by Gasteiger charge is 2.32. The van der Waals surface area contributed by atoms with E-state index >= 15 is 0 Å². The predicted molar refractivity (Wildman–Crippen MR) is 162 cm³/mol. The lowest BCUT2D eigenvalue weighted by molar-refractivity contribution is -0.124. The van der Waals surface area contributed by atoms with Crippen LogP contribution in [0.2, 0.25) is 0 Å². The summed E-state index contributed by atoms with van der Waals surface area (Å²) in [5, 5.41) is 3.11. The summed E-state index contributed by atoms with van der Waals surface area (Å²) >= 11 is 0. The molecular weight excluding hydrogens is 470 g/mol. The standard InChI is InChI=1S/C26H33N3O2.C7H16/c1-4-17-27-26(31)25(21-9-7-6-8-10-21)22-15-18-28(19-16-22)23-11-13-24(14-12-23)29(5-2)20(3)30;1-5-6-7(2,3)4/h5-14,22,25H,2,4,15-19H2,1,3H3,(H,27,31);5-6H2,1-4H3. The average Bonchev–Trinajstić information content (AvgIpc) is 2.89. The highest BCUT2D eigenvalue weighted by atomic mass is 16.2. The van der Waals surface area contributed by atoms with E-state index in [9.17, 15) is 9.59 Å². The van der Waals surface area contributed by atoms with E-state index in [1.54, 1.807) is 0 Å². The maximum Gasteiger partial charge on any atom is 0.227 e. The largest absolute Gasteiger partial charge is 0.372 e. The van der Waals surface area contributed by atoms with Crippen LogP contribution in [0.4, 0.5) is 11.4 Å². The van der Waals surface area contributed by atoms with Gasteiger partial charge in [-0.05, 0) is 66.8 Å². The van der Waals surface area contributed by atoms with Crippen LogP contribution < -0.4 is 15.1 Å². The fraction of sp³-hybridized carbons (Fsp3) is 0.515. The van der Waals surface area contributed by atoms with Crippen molar-refractivity contribution in [1.82, 2.24) is 5.32 Å². The fourth-order valence-electron chi connectivity index (χ4n) is 5.14. The lowest BCUT2D eigenvalue weighted by atomic mass is 9.79. The molecule has 0 aromatic heterocycles. The van der Waals surface area contributed by atoms with Crippen LogP contribution in [0.5, 0.6) is 0 Å². The van der Waals surface area contributed by atoms with Gasteiger partial charge in [-0.2, -0.15) is 0 Å². The van der Waals surface area contributed by atoms with E-state index in [0.717, 1.165) is 55.8 Å². The molecule has 1 aliphatic heterocycles. The molecule has 0 spiro atoms. The number of rotatable bonds is 9.